The maximum Gasteiger partial charge on any atom is 0.411 e. The maximum atomic E-state index is 13.5. The molecule has 2 aliphatic carbocycles. The van der Waals surface area contributed by atoms with Crippen molar-refractivity contribution in [2.24, 2.45) is 11.7 Å². The number of hydrogen-bond donors (Lipinski definition) is 2. The van der Waals surface area contributed by atoms with Crippen molar-refractivity contribution < 1.29 is 14.3 Å². The minimum atomic E-state index is -0.482. The van der Waals surface area contributed by atoms with Crippen molar-refractivity contribution >= 4 is 17.7 Å². The SMILES string of the molecule is NC1CCC(N(Cc2ccc(NC(=O)OCc3ccccc3)cc2)C(=O)C2CCCCC2)CC1. The van der Waals surface area contributed by atoms with Crippen molar-refractivity contribution in [1.82, 2.24) is 4.90 Å². The Morgan fingerprint density at radius 3 is 2.21 bits per heavy atom. The minimum absolute atomic E-state index is 0.157. The van der Waals surface area contributed by atoms with Crippen LogP contribution in [-0.2, 0) is 22.7 Å². The Hall–Kier alpha value is -2.86. The van der Waals surface area contributed by atoms with E-state index in [1.165, 1.54) is 6.42 Å². The van der Waals surface area contributed by atoms with Gasteiger partial charge in [0.05, 0.1) is 0 Å². The highest BCUT2D eigenvalue weighted by molar-refractivity contribution is 5.84. The molecule has 0 unspecified atom stereocenters. The van der Waals surface area contributed by atoms with Crippen LogP contribution in [0.15, 0.2) is 54.6 Å². The van der Waals surface area contributed by atoms with Crippen LogP contribution in [0.3, 0.4) is 0 Å². The van der Waals surface area contributed by atoms with Crippen molar-refractivity contribution in [3.8, 4) is 0 Å². The third kappa shape index (κ3) is 6.83. The van der Waals surface area contributed by atoms with Crippen molar-refractivity contribution in [3.05, 3.63) is 65.7 Å². The molecule has 0 aromatic heterocycles. The van der Waals surface area contributed by atoms with Gasteiger partial charge in [-0.05, 0) is 61.8 Å². The van der Waals surface area contributed by atoms with Gasteiger partial charge in [-0.2, -0.15) is 0 Å². The van der Waals surface area contributed by atoms with Crippen LogP contribution in [0, 0.1) is 5.92 Å². The van der Waals surface area contributed by atoms with E-state index in [9.17, 15) is 9.59 Å². The summed E-state index contributed by atoms with van der Waals surface area (Å²) in [6.45, 7) is 0.835. The van der Waals surface area contributed by atoms with Gasteiger partial charge in [-0.25, -0.2) is 4.79 Å². The van der Waals surface area contributed by atoms with E-state index in [-0.39, 0.29) is 24.6 Å². The summed E-state index contributed by atoms with van der Waals surface area (Å²) >= 11 is 0. The van der Waals surface area contributed by atoms with Crippen molar-refractivity contribution in [2.75, 3.05) is 5.32 Å². The van der Waals surface area contributed by atoms with Gasteiger partial charge in [0.15, 0.2) is 0 Å². The molecule has 6 heteroatoms. The molecule has 182 valence electrons. The molecule has 0 radical (unpaired) electrons. The quantitative estimate of drug-likeness (QED) is 0.559. The minimum Gasteiger partial charge on any atom is -0.444 e. The fourth-order valence-electron chi connectivity index (χ4n) is 5.15. The third-order valence-corrected chi connectivity index (χ3v) is 7.19. The predicted molar refractivity (Wildman–Crippen MR) is 134 cm³/mol. The largest absolute Gasteiger partial charge is 0.444 e. The molecule has 0 aliphatic heterocycles. The van der Waals surface area contributed by atoms with Gasteiger partial charge in [0.2, 0.25) is 5.91 Å². The standard InChI is InChI=1S/C28H37N3O3/c29-24-13-17-26(18-14-24)31(27(32)23-9-5-2-6-10-23)19-21-11-15-25(16-12-21)30-28(33)34-20-22-7-3-1-4-8-22/h1,3-4,7-8,11-12,15-16,23-24,26H,2,5-6,9-10,13-14,17-20,29H2,(H,30,33). The van der Waals surface area contributed by atoms with Crippen LogP contribution < -0.4 is 11.1 Å². The van der Waals surface area contributed by atoms with E-state index in [1.54, 1.807) is 0 Å². The van der Waals surface area contributed by atoms with Crippen LogP contribution >= 0.6 is 0 Å². The molecule has 34 heavy (non-hydrogen) atoms. The summed E-state index contributed by atoms with van der Waals surface area (Å²) in [4.78, 5) is 27.8. The third-order valence-electron chi connectivity index (χ3n) is 7.19. The Labute approximate surface area is 202 Å². The smallest absolute Gasteiger partial charge is 0.411 e. The lowest BCUT2D eigenvalue weighted by atomic mass is 9.85. The summed E-state index contributed by atoms with van der Waals surface area (Å²) in [5.41, 5.74) is 8.82. The van der Waals surface area contributed by atoms with Gasteiger partial charge in [0.1, 0.15) is 6.61 Å². The normalized spacial score (nSPS) is 21.0. The molecular formula is C28H37N3O3. The highest BCUT2D eigenvalue weighted by Crippen LogP contribution is 2.30. The van der Waals surface area contributed by atoms with Crippen molar-refractivity contribution in [3.63, 3.8) is 0 Å². The zero-order valence-corrected chi connectivity index (χ0v) is 20.0. The van der Waals surface area contributed by atoms with Crippen LogP contribution in [-0.4, -0.2) is 29.0 Å². The molecule has 2 aromatic carbocycles. The van der Waals surface area contributed by atoms with Gasteiger partial charge in [-0.15, -0.1) is 0 Å². The van der Waals surface area contributed by atoms with Crippen molar-refractivity contribution in [2.45, 2.75) is 83.0 Å². The molecule has 2 saturated carbocycles. The van der Waals surface area contributed by atoms with Gasteiger partial charge in [0, 0.05) is 30.2 Å². The highest BCUT2D eigenvalue weighted by Gasteiger charge is 2.32. The van der Waals surface area contributed by atoms with Gasteiger partial charge in [0.25, 0.3) is 0 Å². The summed E-state index contributed by atoms with van der Waals surface area (Å²) < 4.78 is 5.30. The van der Waals surface area contributed by atoms with Crippen LogP contribution in [0.25, 0.3) is 0 Å². The van der Waals surface area contributed by atoms with E-state index in [2.05, 4.69) is 10.2 Å². The van der Waals surface area contributed by atoms with Crippen molar-refractivity contribution in [1.29, 1.82) is 0 Å². The maximum absolute atomic E-state index is 13.5. The van der Waals surface area contributed by atoms with E-state index in [4.69, 9.17) is 10.5 Å². The fourth-order valence-corrected chi connectivity index (χ4v) is 5.15. The van der Waals surface area contributed by atoms with E-state index >= 15 is 0 Å². The Bertz CT molecular complexity index is 918. The average molecular weight is 464 g/mol. The Morgan fingerprint density at radius 2 is 1.53 bits per heavy atom. The van der Waals surface area contributed by atoms with Crippen LogP contribution in [0.5, 0.6) is 0 Å². The molecule has 2 aliphatic rings. The summed E-state index contributed by atoms with van der Waals surface area (Å²) in [7, 11) is 0. The number of nitrogens with two attached hydrogens (primary N) is 1. The molecular weight excluding hydrogens is 426 g/mol. The molecule has 6 nitrogen and oxygen atoms in total. The number of nitrogens with zero attached hydrogens (tertiary/aromatic N) is 1. The molecule has 0 spiro atoms. The zero-order valence-electron chi connectivity index (χ0n) is 20.0. The highest BCUT2D eigenvalue weighted by atomic mass is 16.5. The van der Waals surface area contributed by atoms with Crippen LogP contribution in [0.4, 0.5) is 10.5 Å². The van der Waals surface area contributed by atoms with Crippen LogP contribution in [0.1, 0.15) is 68.9 Å². The molecule has 0 heterocycles. The average Bonchev–Trinajstić information content (AvgIpc) is 2.88. The second kappa shape index (κ2) is 12.0. The first kappa shape index (κ1) is 24.3. The lowest BCUT2D eigenvalue weighted by molar-refractivity contribution is -0.140. The number of carbonyl (C=O) groups is 2. The first-order valence-electron chi connectivity index (χ1n) is 12.7. The van der Waals surface area contributed by atoms with Gasteiger partial charge >= 0.3 is 6.09 Å². The van der Waals surface area contributed by atoms with E-state index < -0.39 is 6.09 Å². The van der Waals surface area contributed by atoms with E-state index in [1.807, 2.05) is 54.6 Å². The van der Waals surface area contributed by atoms with E-state index in [0.29, 0.717) is 18.1 Å². The number of benzene rings is 2. The lowest BCUT2D eigenvalue weighted by Crippen LogP contribution is -2.46. The van der Waals surface area contributed by atoms with Crippen LogP contribution in [0.2, 0.25) is 0 Å². The molecule has 3 N–H and O–H groups in total. The molecule has 0 saturated heterocycles. The number of carbonyl (C=O) groups excluding carboxylic acids is 2. The monoisotopic (exact) mass is 463 g/mol. The molecule has 2 aromatic rings. The first-order chi connectivity index (χ1) is 16.6. The second-order valence-corrected chi connectivity index (χ2v) is 9.75. The van der Waals surface area contributed by atoms with E-state index in [0.717, 1.165) is 62.5 Å². The molecule has 2 fully saturated rings. The Kier molecular flexibility index (Phi) is 8.58. The second-order valence-electron chi connectivity index (χ2n) is 9.75. The summed E-state index contributed by atoms with van der Waals surface area (Å²) in [6, 6.07) is 17.8. The molecule has 0 atom stereocenters. The number of amides is 2. The molecule has 2 amide bonds. The number of anilines is 1. The fraction of sp³-hybridized carbons (Fsp3) is 0.500. The number of ether oxygens (including phenoxy) is 1. The van der Waals surface area contributed by atoms with Gasteiger partial charge in [-0.1, -0.05) is 61.7 Å². The zero-order chi connectivity index (χ0) is 23.8. The number of hydrogen-bond acceptors (Lipinski definition) is 4. The lowest BCUT2D eigenvalue weighted by Gasteiger charge is -2.39. The van der Waals surface area contributed by atoms with Gasteiger partial charge in [-0.3, -0.25) is 10.1 Å². The summed E-state index contributed by atoms with van der Waals surface area (Å²) in [5, 5.41) is 2.78. The molecule has 4 rings (SSSR count). The first-order valence-corrected chi connectivity index (χ1v) is 12.7. The number of rotatable bonds is 7. The Morgan fingerprint density at radius 1 is 0.853 bits per heavy atom. The van der Waals surface area contributed by atoms with Gasteiger partial charge < -0.3 is 15.4 Å². The summed E-state index contributed by atoms with van der Waals surface area (Å²) in [5.74, 6) is 0.469. The molecule has 0 bridgehead atoms. The summed E-state index contributed by atoms with van der Waals surface area (Å²) in [6.07, 6.45) is 9.00. The predicted octanol–water partition coefficient (Wildman–Crippen LogP) is 5.61. The Balaban J connectivity index is 1.36. The topological polar surface area (TPSA) is 84.7 Å². The number of nitrogens with one attached hydrogen (secondary N) is 1.